The van der Waals surface area contributed by atoms with Gasteiger partial charge in [0.05, 0.1) is 12.3 Å². The minimum absolute atomic E-state index is 0.681. The SMILES string of the molecule is CO/N=C(/C)Cn1cccn1. The Morgan fingerprint density at radius 1 is 1.73 bits per heavy atom. The number of hydrogen-bond donors (Lipinski definition) is 0. The van der Waals surface area contributed by atoms with Crippen molar-refractivity contribution in [2.45, 2.75) is 13.5 Å². The minimum atomic E-state index is 0.681. The molecule has 4 nitrogen and oxygen atoms in total. The molecule has 0 radical (unpaired) electrons. The average molecular weight is 153 g/mol. The van der Waals surface area contributed by atoms with Gasteiger partial charge in [-0.3, -0.25) is 4.68 Å². The van der Waals surface area contributed by atoms with Crippen LogP contribution in [0, 0.1) is 0 Å². The van der Waals surface area contributed by atoms with Crippen LogP contribution in [0.3, 0.4) is 0 Å². The second-order valence-corrected chi connectivity index (χ2v) is 2.21. The smallest absolute Gasteiger partial charge is 0.106 e. The lowest BCUT2D eigenvalue weighted by molar-refractivity contribution is 0.212. The molecule has 0 spiro atoms. The van der Waals surface area contributed by atoms with E-state index in [9.17, 15) is 0 Å². The van der Waals surface area contributed by atoms with Gasteiger partial charge in [0.15, 0.2) is 0 Å². The fraction of sp³-hybridized carbons (Fsp3) is 0.429. The van der Waals surface area contributed by atoms with E-state index in [2.05, 4.69) is 15.1 Å². The standard InChI is InChI=1S/C7H11N3O/c1-7(9-11-2)6-10-5-3-4-8-10/h3-5H,6H2,1-2H3/b9-7-. The largest absolute Gasteiger partial charge is 0.399 e. The van der Waals surface area contributed by atoms with Gasteiger partial charge in [-0.2, -0.15) is 5.10 Å². The molecule has 0 aliphatic carbocycles. The summed E-state index contributed by atoms with van der Waals surface area (Å²) in [5, 5.41) is 7.77. The Kier molecular flexibility index (Phi) is 2.66. The molecule has 0 aliphatic heterocycles. The number of oxime groups is 1. The molecule has 0 fully saturated rings. The van der Waals surface area contributed by atoms with E-state index in [1.807, 2.05) is 19.2 Å². The van der Waals surface area contributed by atoms with E-state index in [0.717, 1.165) is 5.71 Å². The first-order valence-electron chi connectivity index (χ1n) is 3.37. The molecule has 0 bridgehead atoms. The van der Waals surface area contributed by atoms with E-state index in [4.69, 9.17) is 0 Å². The first kappa shape index (κ1) is 7.78. The van der Waals surface area contributed by atoms with E-state index in [0.29, 0.717) is 6.54 Å². The van der Waals surface area contributed by atoms with Gasteiger partial charge in [-0.05, 0) is 13.0 Å². The van der Waals surface area contributed by atoms with E-state index in [-0.39, 0.29) is 0 Å². The topological polar surface area (TPSA) is 39.4 Å². The van der Waals surface area contributed by atoms with E-state index in [1.165, 1.54) is 7.11 Å². The fourth-order valence-electron chi connectivity index (χ4n) is 0.813. The van der Waals surface area contributed by atoms with Crippen LogP contribution in [0.5, 0.6) is 0 Å². The van der Waals surface area contributed by atoms with Crippen molar-refractivity contribution in [3.8, 4) is 0 Å². The first-order valence-corrected chi connectivity index (χ1v) is 3.37. The second kappa shape index (κ2) is 3.75. The third-order valence-electron chi connectivity index (χ3n) is 1.20. The maximum Gasteiger partial charge on any atom is 0.106 e. The summed E-state index contributed by atoms with van der Waals surface area (Å²) in [5.74, 6) is 0. The Morgan fingerprint density at radius 2 is 2.55 bits per heavy atom. The third-order valence-corrected chi connectivity index (χ3v) is 1.20. The van der Waals surface area contributed by atoms with Gasteiger partial charge in [0.25, 0.3) is 0 Å². The van der Waals surface area contributed by atoms with Gasteiger partial charge in [0, 0.05) is 12.4 Å². The van der Waals surface area contributed by atoms with E-state index < -0.39 is 0 Å². The molecule has 0 N–H and O–H groups in total. The summed E-state index contributed by atoms with van der Waals surface area (Å²) in [6, 6.07) is 1.88. The average Bonchev–Trinajstić information content (AvgIpc) is 2.40. The molecule has 0 saturated carbocycles. The lowest BCUT2D eigenvalue weighted by Gasteiger charge is -1.98. The monoisotopic (exact) mass is 153 g/mol. The van der Waals surface area contributed by atoms with Crippen LogP contribution in [0.15, 0.2) is 23.6 Å². The Labute approximate surface area is 65.5 Å². The van der Waals surface area contributed by atoms with Crippen molar-refractivity contribution < 1.29 is 4.84 Å². The van der Waals surface area contributed by atoms with Crippen LogP contribution in [0.1, 0.15) is 6.92 Å². The highest BCUT2D eigenvalue weighted by molar-refractivity contribution is 5.80. The zero-order valence-corrected chi connectivity index (χ0v) is 6.69. The van der Waals surface area contributed by atoms with Gasteiger partial charge in [0.1, 0.15) is 7.11 Å². The third kappa shape index (κ3) is 2.41. The summed E-state index contributed by atoms with van der Waals surface area (Å²) in [6.45, 7) is 2.58. The quantitative estimate of drug-likeness (QED) is 0.478. The predicted octanol–water partition coefficient (Wildman–Crippen LogP) is 0.905. The molecule has 60 valence electrons. The van der Waals surface area contributed by atoms with Gasteiger partial charge in [0.2, 0.25) is 0 Å². The highest BCUT2D eigenvalue weighted by Gasteiger charge is 1.92. The molecular formula is C7H11N3O. The molecule has 1 aromatic rings. The Bertz CT molecular complexity index is 228. The lowest BCUT2D eigenvalue weighted by Crippen LogP contribution is -2.07. The maximum absolute atomic E-state index is 4.60. The summed E-state index contributed by atoms with van der Waals surface area (Å²) in [5.41, 5.74) is 0.899. The zero-order chi connectivity index (χ0) is 8.10. The zero-order valence-electron chi connectivity index (χ0n) is 6.69. The van der Waals surface area contributed by atoms with Crippen molar-refractivity contribution in [2.75, 3.05) is 7.11 Å². The van der Waals surface area contributed by atoms with Crippen molar-refractivity contribution in [3.05, 3.63) is 18.5 Å². The fourth-order valence-corrected chi connectivity index (χ4v) is 0.813. The molecule has 1 aromatic heterocycles. The molecule has 0 atom stereocenters. The second-order valence-electron chi connectivity index (χ2n) is 2.21. The van der Waals surface area contributed by atoms with Crippen molar-refractivity contribution in [3.63, 3.8) is 0 Å². The van der Waals surface area contributed by atoms with Gasteiger partial charge < -0.3 is 4.84 Å². The number of aromatic nitrogens is 2. The molecule has 11 heavy (non-hydrogen) atoms. The highest BCUT2D eigenvalue weighted by atomic mass is 16.6. The Hall–Kier alpha value is -1.32. The normalized spacial score (nSPS) is 11.6. The van der Waals surface area contributed by atoms with Crippen LogP contribution in [0.4, 0.5) is 0 Å². The van der Waals surface area contributed by atoms with Crippen molar-refractivity contribution in [1.82, 2.24) is 9.78 Å². The minimum Gasteiger partial charge on any atom is -0.399 e. The highest BCUT2D eigenvalue weighted by Crippen LogP contribution is 1.87. The Morgan fingerprint density at radius 3 is 3.09 bits per heavy atom. The molecule has 1 rings (SSSR count). The van der Waals surface area contributed by atoms with E-state index >= 15 is 0 Å². The summed E-state index contributed by atoms with van der Waals surface area (Å²) < 4.78 is 1.79. The van der Waals surface area contributed by atoms with Crippen LogP contribution >= 0.6 is 0 Å². The van der Waals surface area contributed by atoms with Crippen molar-refractivity contribution in [1.29, 1.82) is 0 Å². The predicted molar refractivity (Wildman–Crippen MR) is 42.3 cm³/mol. The first-order chi connectivity index (χ1) is 5.33. The molecular weight excluding hydrogens is 142 g/mol. The summed E-state index contributed by atoms with van der Waals surface area (Å²) in [7, 11) is 1.53. The van der Waals surface area contributed by atoms with Gasteiger partial charge in [-0.15, -0.1) is 0 Å². The maximum atomic E-state index is 4.60. The summed E-state index contributed by atoms with van der Waals surface area (Å²) in [4.78, 5) is 4.60. The summed E-state index contributed by atoms with van der Waals surface area (Å²) in [6.07, 6.45) is 3.62. The van der Waals surface area contributed by atoms with E-state index in [1.54, 1.807) is 10.9 Å². The van der Waals surface area contributed by atoms with Gasteiger partial charge in [-0.25, -0.2) is 0 Å². The molecule has 0 saturated heterocycles. The molecule has 0 unspecified atom stereocenters. The van der Waals surface area contributed by atoms with Gasteiger partial charge >= 0.3 is 0 Å². The van der Waals surface area contributed by atoms with Gasteiger partial charge in [-0.1, -0.05) is 5.16 Å². The molecule has 0 amide bonds. The molecule has 0 aliphatic rings. The number of hydrogen-bond acceptors (Lipinski definition) is 3. The molecule has 4 heteroatoms. The number of rotatable bonds is 3. The van der Waals surface area contributed by atoms with Crippen molar-refractivity contribution >= 4 is 5.71 Å². The number of nitrogens with zero attached hydrogens (tertiary/aromatic N) is 3. The molecule has 0 aromatic carbocycles. The van der Waals surface area contributed by atoms with Crippen LogP contribution in [-0.4, -0.2) is 22.6 Å². The lowest BCUT2D eigenvalue weighted by atomic mass is 10.4. The van der Waals surface area contributed by atoms with Crippen LogP contribution < -0.4 is 0 Å². The van der Waals surface area contributed by atoms with Crippen molar-refractivity contribution in [2.24, 2.45) is 5.16 Å². The van der Waals surface area contributed by atoms with Crippen LogP contribution in [0.25, 0.3) is 0 Å². The molecule has 1 heterocycles. The van der Waals surface area contributed by atoms with Crippen LogP contribution in [-0.2, 0) is 11.4 Å². The Balaban J connectivity index is 2.50. The van der Waals surface area contributed by atoms with Crippen LogP contribution in [0.2, 0.25) is 0 Å². The summed E-state index contributed by atoms with van der Waals surface area (Å²) >= 11 is 0.